The third-order valence-electron chi connectivity index (χ3n) is 4.50. The maximum Gasteiger partial charge on any atom is 0.253 e. The molecule has 1 fully saturated rings. The van der Waals surface area contributed by atoms with Gasteiger partial charge in [-0.3, -0.25) is 9.59 Å². The SMILES string of the molecule is CCCCOc1ccc(C(=O)N2CCCC(C(=O)NCCC)C2)cc1. The molecule has 1 atom stereocenters. The predicted octanol–water partition coefficient (Wildman–Crippen LogP) is 3.24. The summed E-state index contributed by atoms with van der Waals surface area (Å²) in [5.74, 6) is 0.758. The van der Waals surface area contributed by atoms with Gasteiger partial charge in [-0.2, -0.15) is 0 Å². The van der Waals surface area contributed by atoms with Crippen LogP contribution in [0.25, 0.3) is 0 Å². The topological polar surface area (TPSA) is 58.6 Å². The number of carbonyl (C=O) groups is 2. The van der Waals surface area contributed by atoms with E-state index >= 15 is 0 Å². The molecule has 0 bridgehead atoms. The summed E-state index contributed by atoms with van der Waals surface area (Å²) in [6, 6.07) is 7.31. The first-order chi connectivity index (χ1) is 12.2. The maximum atomic E-state index is 12.7. The number of ether oxygens (including phenoxy) is 1. The monoisotopic (exact) mass is 346 g/mol. The number of nitrogens with zero attached hydrogens (tertiary/aromatic N) is 1. The number of nitrogens with one attached hydrogen (secondary N) is 1. The average Bonchev–Trinajstić information content (AvgIpc) is 2.66. The minimum Gasteiger partial charge on any atom is -0.494 e. The van der Waals surface area contributed by atoms with Crippen LogP contribution in [0.5, 0.6) is 5.75 Å². The zero-order valence-corrected chi connectivity index (χ0v) is 15.4. The van der Waals surface area contributed by atoms with Crippen molar-refractivity contribution in [2.75, 3.05) is 26.2 Å². The lowest BCUT2D eigenvalue weighted by molar-refractivity contribution is -0.126. The van der Waals surface area contributed by atoms with Crippen LogP contribution in [0.15, 0.2) is 24.3 Å². The van der Waals surface area contributed by atoms with Crippen molar-refractivity contribution >= 4 is 11.8 Å². The molecule has 0 aromatic heterocycles. The third-order valence-corrected chi connectivity index (χ3v) is 4.50. The van der Waals surface area contributed by atoms with Crippen LogP contribution in [0.2, 0.25) is 0 Å². The molecule has 1 saturated heterocycles. The molecule has 1 aliphatic heterocycles. The molecule has 25 heavy (non-hydrogen) atoms. The molecule has 138 valence electrons. The number of benzene rings is 1. The van der Waals surface area contributed by atoms with Gasteiger partial charge in [0.15, 0.2) is 0 Å². The lowest BCUT2D eigenvalue weighted by Gasteiger charge is -2.32. The molecule has 2 rings (SSSR count). The van der Waals surface area contributed by atoms with E-state index in [0.29, 0.717) is 31.8 Å². The second-order valence-electron chi connectivity index (χ2n) is 6.61. The first kappa shape index (κ1) is 19.3. The summed E-state index contributed by atoms with van der Waals surface area (Å²) < 4.78 is 5.63. The largest absolute Gasteiger partial charge is 0.494 e. The molecule has 1 aromatic carbocycles. The fraction of sp³-hybridized carbons (Fsp3) is 0.600. The van der Waals surface area contributed by atoms with Crippen LogP contribution in [0.3, 0.4) is 0 Å². The highest BCUT2D eigenvalue weighted by Crippen LogP contribution is 2.20. The molecule has 1 heterocycles. The molecule has 5 heteroatoms. The first-order valence-corrected chi connectivity index (χ1v) is 9.45. The van der Waals surface area contributed by atoms with Crippen LogP contribution in [0.1, 0.15) is 56.3 Å². The van der Waals surface area contributed by atoms with Crippen molar-refractivity contribution < 1.29 is 14.3 Å². The van der Waals surface area contributed by atoms with Crippen molar-refractivity contribution in [2.45, 2.75) is 46.0 Å². The van der Waals surface area contributed by atoms with Gasteiger partial charge in [-0.15, -0.1) is 0 Å². The van der Waals surface area contributed by atoms with E-state index < -0.39 is 0 Å². The van der Waals surface area contributed by atoms with E-state index in [1.54, 1.807) is 4.90 Å². The van der Waals surface area contributed by atoms with Gasteiger partial charge < -0.3 is 15.0 Å². The summed E-state index contributed by atoms with van der Waals surface area (Å²) >= 11 is 0. The fourth-order valence-electron chi connectivity index (χ4n) is 2.98. The Bertz CT molecular complexity index is 557. The first-order valence-electron chi connectivity index (χ1n) is 9.45. The van der Waals surface area contributed by atoms with Crippen molar-refractivity contribution in [1.29, 1.82) is 0 Å². The van der Waals surface area contributed by atoms with Gasteiger partial charge in [-0.1, -0.05) is 20.3 Å². The van der Waals surface area contributed by atoms with Crippen LogP contribution >= 0.6 is 0 Å². The van der Waals surface area contributed by atoms with Gasteiger partial charge >= 0.3 is 0 Å². The smallest absolute Gasteiger partial charge is 0.253 e. The van der Waals surface area contributed by atoms with Crippen molar-refractivity contribution in [3.8, 4) is 5.75 Å². The number of unbranched alkanes of at least 4 members (excludes halogenated alkanes) is 1. The molecule has 1 N–H and O–H groups in total. The summed E-state index contributed by atoms with van der Waals surface area (Å²) in [5.41, 5.74) is 0.650. The van der Waals surface area contributed by atoms with Gasteiger partial charge in [0.25, 0.3) is 5.91 Å². The number of amides is 2. The Hall–Kier alpha value is -2.04. The number of hydrogen-bond donors (Lipinski definition) is 1. The van der Waals surface area contributed by atoms with Crippen LogP contribution < -0.4 is 10.1 Å². The molecule has 1 aromatic rings. The van der Waals surface area contributed by atoms with Gasteiger partial charge in [0, 0.05) is 25.2 Å². The molecule has 5 nitrogen and oxygen atoms in total. The summed E-state index contributed by atoms with van der Waals surface area (Å²) in [5, 5.41) is 2.94. The predicted molar refractivity (Wildman–Crippen MR) is 98.8 cm³/mol. The van der Waals surface area contributed by atoms with E-state index in [4.69, 9.17) is 4.74 Å². The lowest BCUT2D eigenvalue weighted by Crippen LogP contribution is -2.45. The van der Waals surface area contributed by atoms with Crippen molar-refractivity contribution in [1.82, 2.24) is 10.2 Å². The van der Waals surface area contributed by atoms with Gasteiger partial charge in [-0.05, 0) is 49.9 Å². The van der Waals surface area contributed by atoms with Crippen LogP contribution in [-0.2, 0) is 4.79 Å². The molecule has 1 unspecified atom stereocenters. The molecule has 1 aliphatic rings. The molecule has 0 spiro atoms. The van der Waals surface area contributed by atoms with E-state index in [-0.39, 0.29) is 17.7 Å². The standard InChI is InChI=1S/C20H30N2O3/c1-3-5-14-25-18-10-8-16(9-11-18)20(24)22-13-6-7-17(15-22)19(23)21-12-4-2/h8-11,17H,3-7,12-15H2,1-2H3,(H,21,23). The fourth-order valence-corrected chi connectivity index (χ4v) is 2.98. The lowest BCUT2D eigenvalue weighted by atomic mass is 9.96. The Morgan fingerprint density at radius 3 is 2.64 bits per heavy atom. The van der Waals surface area contributed by atoms with Gasteiger partial charge in [0.1, 0.15) is 5.75 Å². The maximum absolute atomic E-state index is 12.7. The Labute approximate surface area is 150 Å². The summed E-state index contributed by atoms with van der Waals surface area (Å²) in [7, 11) is 0. The average molecular weight is 346 g/mol. The molecular formula is C20H30N2O3. The number of rotatable bonds is 8. The summed E-state index contributed by atoms with van der Waals surface area (Å²) in [6.45, 7) is 6.77. The zero-order valence-electron chi connectivity index (χ0n) is 15.4. The second-order valence-corrected chi connectivity index (χ2v) is 6.61. The molecule has 0 aliphatic carbocycles. The molecular weight excluding hydrogens is 316 g/mol. The number of likely N-dealkylation sites (tertiary alicyclic amines) is 1. The third kappa shape index (κ3) is 5.76. The van der Waals surface area contributed by atoms with E-state index in [1.165, 1.54) is 0 Å². The highest BCUT2D eigenvalue weighted by Gasteiger charge is 2.28. The highest BCUT2D eigenvalue weighted by molar-refractivity contribution is 5.94. The van der Waals surface area contributed by atoms with E-state index in [2.05, 4.69) is 12.2 Å². The van der Waals surface area contributed by atoms with Crippen LogP contribution in [-0.4, -0.2) is 43.0 Å². The highest BCUT2D eigenvalue weighted by atomic mass is 16.5. The Morgan fingerprint density at radius 1 is 1.20 bits per heavy atom. The number of piperidine rings is 1. The van der Waals surface area contributed by atoms with E-state index in [1.807, 2.05) is 31.2 Å². The zero-order chi connectivity index (χ0) is 18.1. The van der Waals surface area contributed by atoms with Gasteiger partial charge in [0.2, 0.25) is 5.91 Å². The Morgan fingerprint density at radius 2 is 1.96 bits per heavy atom. The van der Waals surface area contributed by atoms with Crippen molar-refractivity contribution in [3.05, 3.63) is 29.8 Å². The van der Waals surface area contributed by atoms with E-state index in [9.17, 15) is 9.59 Å². The Kier molecular flexibility index (Phi) is 7.76. The quantitative estimate of drug-likeness (QED) is 0.735. The van der Waals surface area contributed by atoms with Crippen molar-refractivity contribution in [3.63, 3.8) is 0 Å². The van der Waals surface area contributed by atoms with Crippen molar-refractivity contribution in [2.24, 2.45) is 5.92 Å². The summed E-state index contributed by atoms with van der Waals surface area (Å²) in [4.78, 5) is 26.7. The van der Waals surface area contributed by atoms with Gasteiger partial charge in [-0.25, -0.2) is 0 Å². The normalized spacial score (nSPS) is 17.2. The van der Waals surface area contributed by atoms with Crippen LogP contribution in [0.4, 0.5) is 0 Å². The van der Waals surface area contributed by atoms with Gasteiger partial charge in [0.05, 0.1) is 12.5 Å². The Balaban J connectivity index is 1.91. The minimum atomic E-state index is -0.0964. The summed E-state index contributed by atoms with van der Waals surface area (Å²) in [6.07, 6.45) is 4.76. The van der Waals surface area contributed by atoms with Crippen LogP contribution in [0, 0.1) is 5.92 Å². The molecule has 0 saturated carbocycles. The molecule has 0 radical (unpaired) electrons. The second kappa shape index (κ2) is 10.1. The minimum absolute atomic E-state index is 0.00639. The van der Waals surface area contributed by atoms with E-state index in [0.717, 1.165) is 37.9 Å². The number of hydrogen-bond acceptors (Lipinski definition) is 3. The number of carbonyl (C=O) groups excluding carboxylic acids is 2. The molecule has 2 amide bonds.